The van der Waals surface area contributed by atoms with Gasteiger partial charge in [-0.3, -0.25) is 0 Å². The zero-order valence-corrected chi connectivity index (χ0v) is 15.3. The monoisotopic (exact) mass is 342 g/mol. The Labute approximate surface area is 148 Å². The van der Waals surface area contributed by atoms with E-state index in [2.05, 4.69) is 40.9 Å². The number of methoxy groups -OCH3 is 1. The van der Waals surface area contributed by atoms with Gasteiger partial charge in [-0.2, -0.15) is 5.10 Å². The molecule has 25 heavy (non-hydrogen) atoms. The minimum absolute atomic E-state index is 0.0595. The second-order valence-corrected chi connectivity index (χ2v) is 6.68. The van der Waals surface area contributed by atoms with Crippen molar-refractivity contribution in [1.29, 1.82) is 0 Å². The van der Waals surface area contributed by atoms with E-state index >= 15 is 0 Å². The maximum atomic E-state index is 12.4. The zero-order valence-electron chi connectivity index (χ0n) is 15.3. The van der Waals surface area contributed by atoms with Crippen LogP contribution in [0.4, 0.5) is 4.79 Å². The molecule has 0 fully saturated rings. The number of fused-ring (bicyclic) bond motifs is 1. The first-order valence-electron chi connectivity index (χ1n) is 8.71. The Bertz CT molecular complexity index is 769. The molecule has 6 nitrogen and oxygen atoms in total. The largest absolute Gasteiger partial charge is 0.481 e. The van der Waals surface area contributed by atoms with Crippen molar-refractivity contribution >= 4 is 6.03 Å². The fourth-order valence-corrected chi connectivity index (χ4v) is 3.67. The molecule has 6 heteroatoms. The van der Waals surface area contributed by atoms with E-state index < -0.39 is 0 Å². The predicted molar refractivity (Wildman–Crippen MR) is 96.7 cm³/mol. The van der Waals surface area contributed by atoms with Crippen LogP contribution in [-0.4, -0.2) is 22.9 Å². The van der Waals surface area contributed by atoms with Gasteiger partial charge in [0, 0.05) is 7.05 Å². The molecule has 3 rings (SSSR count). The van der Waals surface area contributed by atoms with E-state index in [4.69, 9.17) is 4.74 Å². The third-order valence-electron chi connectivity index (χ3n) is 5.00. The van der Waals surface area contributed by atoms with Crippen LogP contribution in [0.3, 0.4) is 0 Å². The van der Waals surface area contributed by atoms with E-state index in [-0.39, 0.29) is 12.1 Å². The van der Waals surface area contributed by atoms with Gasteiger partial charge < -0.3 is 15.4 Å². The highest BCUT2D eigenvalue weighted by atomic mass is 16.5. The molecule has 2 atom stereocenters. The van der Waals surface area contributed by atoms with Crippen molar-refractivity contribution in [3.05, 3.63) is 46.6 Å². The number of carbonyl (C=O) groups excluding carboxylic acids is 1. The number of aromatic nitrogens is 2. The SMILES string of the molecule is COc1c(CNC(=O)NC2CCC(C)c3ccccc32)c(C)nn1C. The molecule has 0 spiro atoms. The first-order valence-corrected chi connectivity index (χ1v) is 8.71. The van der Waals surface area contributed by atoms with Crippen LogP contribution in [0.1, 0.15) is 54.1 Å². The summed E-state index contributed by atoms with van der Waals surface area (Å²) in [4.78, 5) is 12.4. The van der Waals surface area contributed by atoms with E-state index in [0.29, 0.717) is 18.3 Å². The van der Waals surface area contributed by atoms with E-state index in [0.717, 1.165) is 24.1 Å². The molecule has 0 radical (unpaired) electrons. The molecule has 1 aromatic heterocycles. The molecule has 1 heterocycles. The molecule has 0 aliphatic heterocycles. The zero-order chi connectivity index (χ0) is 18.0. The molecule has 0 saturated carbocycles. The summed E-state index contributed by atoms with van der Waals surface area (Å²) in [5.41, 5.74) is 4.32. The average molecular weight is 342 g/mol. The quantitative estimate of drug-likeness (QED) is 0.897. The van der Waals surface area contributed by atoms with Gasteiger partial charge >= 0.3 is 6.03 Å². The Balaban J connectivity index is 1.65. The minimum Gasteiger partial charge on any atom is -0.481 e. The van der Waals surface area contributed by atoms with Gasteiger partial charge in [-0.25, -0.2) is 9.48 Å². The Kier molecular flexibility index (Phi) is 4.97. The summed E-state index contributed by atoms with van der Waals surface area (Å²) in [6, 6.07) is 8.27. The lowest BCUT2D eigenvalue weighted by molar-refractivity contribution is 0.234. The highest BCUT2D eigenvalue weighted by Gasteiger charge is 2.25. The maximum Gasteiger partial charge on any atom is 0.315 e. The molecule has 134 valence electrons. The normalized spacial score (nSPS) is 19.2. The predicted octanol–water partition coefficient (Wildman–Crippen LogP) is 3.17. The van der Waals surface area contributed by atoms with Crippen LogP contribution >= 0.6 is 0 Å². The molecule has 1 aliphatic carbocycles. The molecule has 0 saturated heterocycles. The molecular weight excluding hydrogens is 316 g/mol. The van der Waals surface area contributed by atoms with Crippen molar-refractivity contribution in [1.82, 2.24) is 20.4 Å². The number of rotatable bonds is 4. The standard InChI is InChI=1S/C19H26N4O2/c1-12-9-10-17(15-8-6-5-7-14(12)15)21-19(24)20-11-16-13(2)22-23(3)18(16)25-4/h5-8,12,17H,9-11H2,1-4H3,(H2,20,21,24). The average Bonchev–Trinajstić information content (AvgIpc) is 2.88. The summed E-state index contributed by atoms with van der Waals surface area (Å²) in [5.74, 6) is 1.22. The molecular formula is C19H26N4O2. The molecule has 2 unspecified atom stereocenters. The minimum atomic E-state index is -0.167. The van der Waals surface area contributed by atoms with Crippen molar-refractivity contribution in [2.75, 3.05) is 7.11 Å². The molecule has 1 aromatic carbocycles. The molecule has 1 aliphatic rings. The lowest BCUT2D eigenvalue weighted by Crippen LogP contribution is -2.39. The van der Waals surface area contributed by atoms with Gasteiger partial charge in [-0.15, -0.1) is 0 Å². The van der Waals surface area contributed by atoms with Gasteiger partial charge in [0.25, 0.3) is 0 Å². The highest BCUT2D eigenvalue weighted by molar-refractivity contribution is 5.74. The Morgan fingerprint density at radius 3 is 2.76 bits per heavy atom. The fraction of sp³-hybridized carbons (Fsp3) is 0.474. The van der Waals surface area contributed by atoms with Crippen molar-refractivity contribution in [2.24, 2.45) is 7.05 Å². The van der Waals surface area contributed by atoms with Crippen LogP contribution < -0.4 is 15.4 Å². The van der Waals surface area contributed by atoms with Crippen molar-refractivity contribution in [3.8, 4) is 5.88 Å². The van der Waals surface area contributed by atoms with Gasteiger partial charge in [-0.1, -0.05) is 31.2 Å². The topological polar surface area (TPSA) is 68.2 Å². The number of nitrogens with one attached hydrogen (secondary N) is 2. The lowest BCUT2D eigenvalue weighted by Gasteiger charge is -2.30. The van der Waals surface area contributed by atoms with Crippen molar-refractivity contribution in [3.63, 3.8) is 0 Å². The van der Waals surface area contributed by atoms with E-state index in [1.165, 1.54) is 11.1 Å². The number of urea groups is 1. The Morgan fingerprint density at radius 1 is 1.32 bits per heavy atom. The van der Waals surface area contributed by atoms with Gasteiger partial charge in [0.2, 0.25) is 5.88 Å². The van der Waals surface area contributed by atoms with E-state index in [9.17, 15) is 4.79 Å². The third-order valence-corrected chi connectivity index (χ3v) is 5.00. The number of aryl methyl sites for hydroxylation is 2. The number of carbonyl (C=O) groups is 1. The first kappa shape index (κ1) is 17.3. The third kappa shape index (κ3) is 3.48. The Hall–Kier alpha value is -2.50. The molecule has 0 bridgehead atoms. The molecule has 2 aromatic rings. The number of amides is 2. The second kappa shape index (κ2) is 7.17. The Morgan fingerprint density at radius 2 is 2.04 bits per heavy atom. The second-order valence-electron chi connectivity index (χ2n) is 6.68. The highest BCUT2D eigenvalue weighted by Crippen LogP contribution is 2.36. The summed E-state index contributed by atoms with van der Waals surface area (Å²) in [7, 11) is 3.44. The summed E-state index contributed by atoms with van der Waals surface area (Å²) < 4.78 is 7.05. The van der Waals surface area contributed by atoms with Crippen molar-refractivity contribution in [2.45, 2.75) is 45.2 Å². The number of hydrogen-bond donors (Lipinski definition) is 2. The number of hydrogen-bond acceptors (Lipinski definition) is 3. The van der Waals surface area contributed by atoms with Gasteiger partial charge in [-0.05, 0) is 36.8 Å². The molecule has 2 amide bonds. The maximum absolute atomic E-state index is 12.4. The lowest BCUT2D eigenvalue weighted by atomic mass is 9.81. The van der Waals surface area contributed by atoms with Crippen LogP contribution in [0.15, 0.2) is 24.3 Å². The summed E-state index contributed by atoms with van der Waals surface area (Å²) in [6.07, 6.45) is 2.04. The summed E-state index contributed by atoms with van der Waals surface area (Å²) in [6.45, 7) is 4.54. The van der Waals surface area contributed by atoms with Gasteiger partial charge in [0.1, 0.15) is 0 Å². The van der Waals surface area contributed by atoms with Gasteiger partial charge in [0.05, 0.1) is 31.0 Å². The fourth-order valence-electron chi connectivity index (χ4n) is 3.67. The number of nitrogens with zero attached hydrogens (tertiary/aromatic N) is 2. The summed E-state index contributed by atoms with van der Waals surface area (Å²) in [5, 5.41) is 10.4. The van der Waals surface area contributed by atoms with Crippen LogP contribution in [0.2, 0.25) is 0 Å². The first-order chi connectivity index (χ1) is 12.0. The van der Waals surface area contributed by atoms with E-state index in [1.807, 2.05) is 20.0 Å². The van der Waals surface area contributed by atoms with Crippen LogP contribution in [0, 0.1) is 6.92 Å². The van der Waals surface area contributed by atoms with Crippen LogP contribution in [0.25, 0.3) is 0 Å². The van der Waals surface area contributed by atoms with Crippen LogP contribution in [0.5, 0.6) is 5.88 Å². The van der Waals surface area contributed by atoms with Gasteiger partial charge in [0.15, 0.2) is 0 Å². The smallest absolute Gasteiger partial charge is 0.315 e. The molecule has 2 N–H and O–H groups in total. The van der Waals surface area contributed by atoms with Crippen LogP contribution in [-0.2, 0) is 13.6 Å². The number of ether oxygens (including phenoxy) is 1. The summed E-state index contributed by atoms with van der Waals surface area (Å²) >= 11 is 0. The van der Waals surface area contributed by atoms with Crippen molar-refractivity contribution < 1.29 is 9.53 Å². The number of benzene rings is 1. The van der Waals surface area contributed by atoms with E-state index in [1.54, 1.807) is 11.8 Å².